The van der Waals surface area contributed by atoms with E-state index in [1.54, 1.807) is 0 Å². The Morgan fingerprint density at radius 1 is 0.308 bits per heavy atom. The molecule has 310 valence electrons. The van der Waals surface area contributed by atoms with Gasteiger partial charge in [0.15, 0.2) is 0 Å². The highest BCUT2D eigenvalue weighted by Crippen LogP contribution is 2.22. The molecule has 0 radical (unpaired) electrons. The van der Waals surface area contributed by atoms with Gasteiger partial charge in [-0.15, -0.1) is 0 Å². The average Bonchev–Trinajstić information content (AvgIpc) is 3.14. The molecule has 0 aromatic rings. The minimum atomic E-state index is -0.287. The number of hydrogen-bond acceptors (Lipinski definition) is 3. The van der Waals surface area contributed by atoms with E-state index in [4.69, 9.17) is 4.74 Å². The summed E-state index contributed by atoms with van der Waals surface area (Å²) in [5, 5.41) is 0. The summed E-state index contributed by atoms with van der Waals surface area (Å²) in [4.78, 5) is 25.8. The van der Waals surface area contributed by atoms with Crippen molar-refractivity contribution in [3.63, 3.8) is 0 Å². The van der Waals surface area contributed by atoms with Crippen LogP contribution in [0.3, 0.4) is 0 Å². The van der Waals surface area contributed by atoms with Gasteiger partial charge in [-0.3, -0.25) is 9.59 Å². The summed E-state index contributed by atoms with van der Waals surface area (Å²) in [5.74, 6) is -0.613. The molecule has 0 fully saturated rings. The van der Waals surface area contributed by atoms with Crippen molar-refractivity contribution in [1.29, 1.82) is 0 Å². The molecule has 0 rings (SSSR count). The van der Waals surface area contributed by atoms with Gasteiger partial charge in [-0.2, -0.15) is 0 Å². The molecule has 3 nitrogen and oxygen atoms in total. The number of ether oxygens (including phenoxy) is 1. The summed E-state index contributed by atoms with van der Waals surface area (Å²) in [5.41, 5.74) is 0. The molecule has 1 atom stereocenters. The van der Waals surface area contributed by atoms with Crippen LogP contribution < -0.4 is 0 Å². The van der Waals surface area contributed by atoms with Gasteiger partial charge in [-0.05, 0) is 19.3 Å². The number of rotatable bonds is 44. The first kappa shape index (κ1) is 51.1. The third-order valence-electron chi connectivity index (χ3n) is 11.6. The first-order valence-electron chi connectivity index (χ1n) is 24.4. The lowest BCUT2D eigenvalue weighted by Gasteiger charge is -2.15. The van der Waals surface area contributed by atoms with Crippen LogP contribution in [0.4, 0.5) is 0 Å². The lowest BCUT2D eigenvalue weighted by atomic mass is 9.94. The molecule has 0 aromatic heterocycles. The topological polar surface area (TPSA) is 43.4 Å². The van der Waals surface area contributed by atoms with Gasteiger partial charge in [0.2, 0.25) is 0 Å². The molecule has 0 saturated heterocycles. The van der Waals surface area contributed by atoms with E-state index in [-0.39, 0.29) is 17.9 Å². The SMILES string of the molecule is CCCCCCCCCCCCCCCCCC(=O)OC(=O)C(CCCCCCCCCCCCC)CCCCCCCCCCCCCCCC. The summed E-state index contributed by atoms with van der Waals surface area (Å²) in [7, 11) is 0. The molecular weight excluding hydrogens is 637 g/mol. The molecule has 0 saturated carbocycles. The van der Waals surface area contributed by atoms with E-state index in [1.807, 2.05) is 0 Å². The summed E-state index contributed by atoms with van der Waals surface area (Å²) in [6.45, 7) is 6.86. The molecule has 0 bridgehead atoms. The number of hydrogen-bond donors (Lipinski definition) is 0. The van der Waals surface area contributed by atoms with Gasteiger partial charge in [-0.25, -0.2) is 0 Å². The highest BCUT2D eigenvalue weighted by molar-refractivity contribution is 5.86. The van der Waals surface area contributed by atoms with E-state index in [1.165, 1.54) is 231 Å². The van der Waals surface area contributed by atoms with Gasteiger partial charge in [0.25, 0.3) is 0 Å². The van der Waals surface area contributed by atoms with E-state index < -0.39 is 0 Å². The van der Waals surface area contributed by atoms with Crippen molar-refractivity contribution >= 4 is 11.9 Å². The molecule has 0 aliphatic carbocycles. The van der Waals surface area contributed by atoms with Crippen molar-refractivity contribution in [1.82, 2.24) is 0 Å². The van der Waals surface area contributed by atoms with Crippen LogP contribution in [0.25, 0.3) is 0 Å². The maximum absolute atomic E-state index is 13.1. The lowest BCUT2D eigenvalue weighted by molar-refractivity contribution is -0.163. The molecule has 0 heterocycles. The standard InChI is InChI=1S/C49H96O3/c1-4-7-10-13-16-19-22-24-26-28-31-34-37-40-43-46-48(50)52-49(51)47(44-41-38-35-32-29-21-18-15-12-9-6-3)45-42-39-36-33-30-27-25-23-20-17-14-11-8-5-2/h47H,4-46H2,1-3H3. The van der Waals surface area contributed by atoms with Crippen LogP contribution in [0.5, 0.6) is 0 Å². The molecule has 0 amide bonds. The zero-order valence-electron chi connectivity index (χ0n) is 36.2. The fraction of sp³-hybridized carbons (Fsp3) is 0.959. The molecule has 0 aliphatic rings. The Kier molecular flexibility index (Phi) is 43.8. The smallest absolute Gasteiger partial charge is 0.316 e. The lowest BCUT2D eigenvalue weighted by Crippen LogP contribution is -2.21. The van der Waals surface area contributed by atoms with Crippen LogP contribution in [0.2, 0.25) is 0 Å². The molecule has 0 N–H and O–H groups in total. The van der Waals surface area contributed by atoms with E-state index in [0.717, 1.165) is 38.5 Å². The van der Waals surface area contributed by atoms with E-state index in [9.17, 15) is 9.59 Å². The highest BCUT2D eigenvalue weighted by Gasteiger charge is 2.22. The second-order valence-electron chi connectivity index (χ2n) is 16.9. The Labute approximate surface area is 328 Å². The third-order valence-corrected chi connectivity index (χ3v) is 11.6. The van der Waals surface area contributed by atoms with Crippen molar-refractivity contribution in [3.05, 3.63) is 0 Å². The van der Waals surface area contributed by atoms with Crippen molar-refractivity contribution in [3.8, 4) is 0 Å². The molecule has 0 aliphatic heterocycles. The van der Waals surface area contributed by atoms with E-state index in [0.29, 0.717) is 6.42 Å². The normalized spacial score (nSPS) is 12.1. The fourth-order valence-corrected chi connectivity index (χ4v) is 7.91. The minimum Gasteiger partial charge on any atom is -0.393 e. The Hall–Kier alpha value is -0.860. The van der Waals surface area contributed by atoms with Crippen LogP contribution in [-0.4, -0.2) is 11.9 Å². The first-order chi connectivity index (χ1) is 25.7. The highest BCUT2D eigenvalue weighted by atomic mass is 16.6. The summed E-state index contributed by atoms with van der Waals surface area (Å²) in [6, 6.07) is 0. The van der Waals surface area contributed by atoms with Gasteiger partial charge in [0, 0.05) is 6.42 Å². The van der Waals surface area contributed by atoms with Crippen LogP contribution in [0.1, 0.15) is 297 Å². The zero-order valence-corrected chi connectivity index (χ0v) is 36.2. The van der Waals surface area contributed by atoms with Crippen molar-refractivity contribution < 1.29 is 14.3 Å². The Morgan fingerprint density at radius 2 is 0.519 bits per heavy atom. The summed E-state index contributed by atoms with van der Waals surface area (Å²) < 4.78 is 5.47. The predicted molar refractivity (Wildman–Crippen MR) is 230 cm³/mol. The fourth-order valence-electron chi connectivity index (χ4n) is 7.91. The Morgan fingerprint density at radius 3 is 0.769 bits per heavy atom. The van der Waals surface area contributed by atoms with Gasteiger partial charge in [-0.1, -0.05) is 271 Å². The van der Waals surface area contributed by atoms with Crippen LogP contribution >= 0.6 is 0 Å². The van der Waals surface area contributed by atoms with Crippen molar-refractivity contribution in [2.45, 2.75) is 297 Å². The number of carbonyl (C=O) groups is 2. The van der Waals surface area contributed by atoms with Gasteiger partial charge in [0.05, 0.1) is 5.92 Å². The quantitative estimate of drug-likeness (QED) is 0.0356. The van der Waals surface area contributed by atoms with Crippen LogP contribution in [0, 0.1) is 5.92 Å². The zero-order chi connectivity index (χ0) is 37.8. The second kappa shape index (κ2) is 44.5. The van der Waals surface area contributed by atoms with E-state index >= 15 is 0 Å². The molecule has 0 spiro atoms. The maximum Gasteiger partial charge on any atom is 0.316 e. The van der Waals surface area contributed by atoms with Crippen LogP contribution in [0.15, 0.2) is 0 Å². The Bertz CT molecular complexity index is 703. The molecule has 0 aromatic carbocycles. The summed E-state index contributed by atoms with van der Waals surface area (Å²) >= 11 is 0. The van der Waals surface area contributed by atoms with Gasteiger partial charge < -0.3 is 4.74 Å². The van der Waals surface area contributed by atoms with Crippen molar-refractivity contribution in [2.24, 2.45) is 5.92 Å². The predicted octanol–water partition coefficient (Wildman–Crippen LogP) is 17.5. The largest absolute Gasteiger partial charge is 0.393 e. The number of unbranched alkanes of at least 4 members (excludes halogenated alkanes) is 37. The number of esters is 2. The van der Waals surface area contributed by atoms with Gasteiger partial charge >= 0.3 is 11.9 Å². The molecular formula is C49H96O3. The van der Waals surface area contributed by atoms with Crippen molar-refractivity contribution in [2.75, 3.05) is 0 Å². The van der Waals surface area contributed by atoms with Gasteiger partial charge in [0.1, 0.15) is 0 Å². The Balaban J connectivity index is 4.15. The molecule has 1 unspecified atom stereocenters. The average molecular weight is 733 g/mol. The second-order valence-corrected chi connectivity index (χ2v) is 16.9. The van der Waals surface area contributed by atoms with E-state index in [2.05, 4.69) is 20.8 Å². The third kappa shape index (κ3) is 40.3. The molecule has 52 heavy (non-hydrogen) atoms. The monoisotopic (exact) mass is 733 g/mol. The van der Waals surface area contributed by atoms with Crippen LogP contribution in [-0.2, 0) is 14.3 Å². The molecule has 3 heteroatoms. The first-order valence-corrected chi connectivity index (χ1v) is 24.4. The minimum absolute atomic E-state index is 0.0964. The maximum atomic E-state index is 13.1. The number of carbonyl (C=O) groups excluding carboxylic acids is 2. The summed E-state index contributed by atoms with van der Waals surface area (Å²) in [6.07, 6.45) is 55.2.